The fourth-order valence-corrected chi connectivity index (χ4v) is 5.52. The fraction of sp³-hybridized carbons (Fsp3) is 0.435. The molecule has 0 spiro atoms. The van der Waals surface area contributed by atoms with Gasteiger partial charge in [-0.15, -0.1) is 0 Å². The highest BCUT2D eigenvalue weighted by Gasteiger charge is 2.28. The number of benzene rings is 2. The maximum atomic E-state index is 13.1. The zero-order valence-corrected chi connectivity index (χ0v) is 19.1. The summed E-state index contributed by atoms with van der Waals surface area (Å²) >= 11 is 0. The van der Waals surface area contributed by atoms with Crippen LogP contribution in [0.1, 0.15) is 39.5 Å². The lowest BCUT2D eigenvalue weighted by Gasteiger charge is -2.33. The molecule has 0 radical (unpaired) electrons. The molecule has 1 fully saturated rings. The minimum Gasteiger partial charge on any atom is -0.370 e. The molecule has 162 valence electrons. The molecule has 30 heavy (non-hydrogen) atoms. The van der Waals surface area contributed by atoms with Gasteiger partial charge in [-0.05, 0) is 68.0 Å². The molecule has 2 aromatic carbocycles. The van der Waals surface area contributed by atoms with E-state index in [2.05, 4.69) is 4.72 Å². The van der Waals surface area contributed by atoms with E-state index in [0.717, 1.165) is 33.4 Å². The van der Waals surface area contributed by atoms with E-state index >= 15 is 0 Å². The van der Waals surface area contributed by atoms with Crippen molar-refractivity contribution in [3.05, 3.63) is 63.7 Å². The maximum Gasteiger partial charge on any atom is 0.241 e. The monoisotopic (exact) mass is 430 g/mol. The van der Waals surface area contributed by atoms with Crippen molar-refractivity contribution in [3.63, 3.8) is 0 Å². The third-order valence-electron chi connectivity index (χ3n) is 6.20. The first-order chi connectivity index (χ1) is 14.1. The third kappa shape index (κ3) is 4.43. The predicted molar refractivity (Wildman–Crippen MR) is 117 cm³/mol. The van der Waals surface area contributed by atoms with Crippen molar-refractivity contribution in [3.8, 4) is 0 Å². The van der Waals surface area contributed by atoms with Gasteiger partial charge in [-0.2, -0.15) is 0 Å². The quantitative estimate of drug-likeness (QED) is 0.791. The number of amides is 1. The van der Waals surface area contributed by atoms with Crippen LogP contribution < -0.4 is 4.72 Å². The molecule has 3 rings (SSSR count). The molecule has 1 atom stereocenters. The summed E-state index contributed by atoms with van der Waals surface area (Å²) < 4.78 is 34.4. The van der Waals surface area contributed by atoms with Gasteiger partial charge in [0.15, 0.2) is 0 Å². The first kappa shape index (κ1) is 22.5. The minimum absolute atomic E-state index is 0.201. The minimum atomic E-state index is -3.81. The Morgan fingerprint density at radius 1 is 1.00 bits per heavy atom. The van der Waals surface area contributed by atoms with Crippen LogP contribution in [0.25, 0.3) is 0 Å². The molecule has 1 aliphatic rings. The highest BCUT2D eigenvalue weighted by atomic mass is 32.2. The summed E-state index contributed by atoms with van der Waals surface area (Å²) in [4.78, 5) is 14.7. The summed E-state index contributed by atoms with van der Waals surface area (Å²) in [7, 11) is -3.81. The average Bonchev–Trinajstić information content (AvgIpc) is 2.75. The summed E-state index contributed by atoms with van der Waals surface area (Å²) in [5.74, 6) is -0.251. The van der Waals surface area contributed by atoms with Crippen molar-refractivity contribution in [2.75, 3.05) is 26.2 Å². The van der Waals surface area contributed by atoms with Gasteiger partial charge in [-0.3, -0.25) is 4.79 Å². The van der Waals surface area contributed by atoms with E-state index in [4.69, 9.17) is 4.74 Å². The molecule has 1 N–H and O–H groups in total. The molecule has 6 nitrogen and oxygen atoms in total. The van der Waals surface area contributed by atoms with Crippen LogP contribution in [0.4, 0.5) is 0 Å². The van der Waals surface area contributed by atoms with E-state index in [0.29, 0.717) is 19.7 Å². The number of rotatable bonds is 5. The Hall–Kier alpha value is -2.22. The Bertz CT molecular complexity index is 1020. The standard InChI is InChI=1S/C23H30N2O4S/c1-15-16(2)18(4)23(19(5)17(15)3)30(27,28)24-13-22(26)25-11-12-29-21(14-25)20-9-7-6-8-10-20/h6-10,21,24H,11-14H2,1-5H3. The van der Waals surface area contributed by atoms with Gasteiger partial charge in [0.25, 0.3) is 0 Å². The lowest BCUT2D eigenvalue weighted by molar-refractivity contribution is -0.137. The van der Waals surface area contributed by atoms with E-state index in [1.807, 2.05) is 65.0 Å². The van der Waals surface area contributed by atoms with Crippen molar-refractivity contribution >= 4 is 15.9 Å². The average molecular weight is 431 g/mol. The van der Waals surface area contributed by atoms with Gasteiger partial charge >= 0.3 is 0 Å². The number of ether oxygens (including phenoxy) is 1. The predicted octanol–water partition coefficient (Wildman–Crippen LogP) is 3.11. The molecule has 1 saturated heterocycles. The highest BCUT2D eigenvalue weighted by molar-refractivity contribution is 7.89. The number of carbonyl (C=O) groups excluding carboxylic acids is 1. The molecular weight excluding hydrogens is 400 g/mol. The van der Waals surface area contributed by atoms with Crippen LogP contribution in [-0.4, -0.2) is 45.5 Å². The van der Waals surface area contributed by atoms with Crippen LogP contribution in [0.5, 0.6) is 0 Å². The van der Waals surface area contributed by atoms with Crippen molar-refractivity contribution in [2.45, 2.75) is 45.6 Å². The molecule has 1 amide bonds. The lowest BCUT2D eigenvalue weighted by Crippen LogP contribution is -2.46. The van der Waals surface area contributed by atoms with Gasteiger partial charge in [0.2, 0.25) is 15.9 Å². The molecule has 1 unspecified atom stereocenters. The molecule has 7 heteroatoms. The summed E-state index contributed by atoms with van der Waals surface area (Å²) in [5.41, 5.74) is 5.48. The van der Waals surface area contributed by atoms with Crippen LogP contribution in [0.15, 0.2) is 35.2 Å². The maximum absolute atomic E-state index is 13.1. The number of hydrogen-bond acceptors (Lipinski definition) is 4. The van der Waals surface area contributed by atoms with Gasteiger partial charge in [0.1, 0.15) is 6.10 Å². The summed E-state index contributed by atoms with van der Waals surface area (Å²) in [6.45, 7) is 10.5. The van der Waals surface area contributed by atoms with Crippen LogP contribution in [0.2, 0.25) is 0 Å². The highest BCUT2D eigenvalue weighted by Crippen LogP contribution is 2.29. The van der Waals surface area contributed by atoms with Gasteiger partial charge in [-0.25, -0.2) is 13.1 Å². The van der Waals surface area contributed by atoms with E-state index in [9.17, 15) is 13.2 Å². The second-order valence-corrected chi connectivity index (χ2v) is 9.59. The smallest absolute Gasteiger partial charge is 0.241 e. The van der Waals surface area contributed by atoms with Gasteiger partial charge in [-0.1, -0.05) is 30.3 Å². The number of hydrogen-bond donors (Lipinski definition) is 1. The van der Waals surface area contributed by atoms with E-state index < -0.39 is 10.0 Å². The topological polar surface area (TPSA) is 75.7 Å². The van der Waals surface area contributed by atoms with E-state index in [1.54, 1.807) is 4.90 Å². The number of morpholine rings is 1. The second kappa shape index (κ2) is 8.88. The number of sulfonamides is 1. The summed E-state index contributed by atoms with van der Waals surface area (Å²) in [6, 6.07) is 9.74. The van der Waals surface area contributed by atoms with Crippen LogP contribution in [0, 0.1) is 34.6 Å². The van der Waals surface area contributed by atoms with Crippen molar-refractivity contribution in [2.24, 2.45) is 0 Å². The number of nitrogens with one attached hydrogen (secondary N) is 1. The van der Waals surface area contributed by atoms with Crippen LogP contribution in [-0.2, 0) is 19.6 Å². The number of nitrogens with zero attached hydrogens (tertiary/aromatic N) is 1. The second-order valence-electron chi connectivity index (χ2n) is 7.89. The van der Waals surface area contributed by atoms with Gasteiger partial charge in [0.05, 0.1) is 24.6 Å². The van der Waals surface area contributed by atoms with E-state index in [1.165, 1.54) is 0 Å². The fourth-order valence-electron chi connectivity index (χ4n) is 3.95. The van der Waals surface area contributed by atoms with Gasteiger partial charge in [0, 0.05) is 6.54 Å². The normalized spacial score (nSPS) is 17.2. The molecule has 1 aliphatic heterocycles. The molecule has 0 aromatic heterocycles. The Kier molecular flexibility index (Phi) is 6.65. The molecule has 0 bridgehead atoms. The number of carbonyl (C=O) groups is 1. The summed E-state index contributed by atoms with van der Waals surface area (Å²) in [5, 5.41) is 0. The summed E-state index contributed by atoms with van der Waals surface area (Å²) in [6.07, 6.45) is -0.201. The Morgan fingerprint density at radius 2 is 1.57 bits per heavy atom. The van der Waals surface area contributed by atoms with Crippen molar-refractivity contribution in [1.29, 1.82) is 0 Å². The Balaban J connectivity index is 1.73. The molecular formula is C23H30N2O4S. The van der Waals surface area contributed by atoms with Gasteiger partial charge < -0.3 is 9.64 Å². The molecule has 1 heterocycles. The lowest BCUT2D eigenvalue weighted by atomic mass is 9.95. The van der Waals surface area contributed by atoms with Crippen LogP contribution in [0.3, 0.4) is 0 Å². The first-order valence-corrected chi connectivity index (χ1v) is 11.6. The molecule has 0 saturated carbocycles. The van der Waals surface area contributed by atoms with Crippen molar-refractivity contribution < 1.29 is 17.9 Å². The largest absolute Gasteiger partial charge is 0.370 e. The first-order valence-electron chi connectivity index (χ1n) is 10.1. The molecule has 0 aliphatic carbocycles. The molecule has 2 aromatic rings. The van der Waals surface area contributed by atoms with Crippen molar-refractivity contribution in [1.82, 2.24) is 9.62 Å². The Labute approximate surface area is 179 Å². The third-order valence-corrected chi connectivity index (χ3v) is 7.88. The SMILES string of the molecule is Cc1c(C)c(C)c(S(=O)(=O)NCC(=O)N2CCOC(c3ccccc3)C2)c(C)c1C. The van der Waals surface area contributed by atoms with Crippen LogP contribution >= 0.6 is 0 Å². The zero-order chi connectivity index (χ0) is 22.1. The van der Waals surface area contributed by atoms with E-state index in [-0.39, 0.29) is 23.5 Å². The Morgan fingerprint density at radius 3 is 2.17 bits per heavy atom. The zero-order valence-electron chi connectivity index (χ0n) is 18.3.